The number of rotatable bonds is 4. The Balaban J connectivity index is 2.14. The van der Waals surface area contributed by atoms with Crippen LogP contribution in [0.3, 0.4) is 0 Å². The van der Waals surface area contributed by atoms with Gasteiger partial charge < -0.3 is 15.5 Å². The van der Waals surface area contributed by atoms with Crippen molar-refractivity contribution in [2.75, 3.05) is 0 Å². The normalized spacial score (nSPS) is 17.2. The van der Waals surface area contributed by atoms with Crippen molar-refractivity contribution in [1.82, 2.24) is 5.32 Å². The van der Waals surface area contributed by atoms with Gasteiger partial charge in [0.25, 0.3) is 5.91 Å². The van der Waals surface area contributed by atoms with Crippen LogP contribution in [0.1, 0.15) is 48.0 Å². The molecular weight excluding hydrogens is 270 g/mol. The van der Waals surface area contributed by atoms with E-state index in [4.69, 9.17) is 0 Å². The van der Waals surface area contributed by atoms with E-state index in [2.05, 4.69) is 5.32 Å². The summed E-state index contributed by atoms with van der Waals surface area (Å²) < 4.78 is 0. The second kappa shape index (κ2) is 6.61. The predicted molar refractivity (Wildman–Crippen MR) is 78.3 cm³/mol. The number of carbonyl (C=O) groups is 2. The number of nitrogens with one attached hydrogen (secondary N) is 1. The maximum absolute atomic E-state index is 12.3. The van der Waals surface area contributed by atoms with E-state index in [0.29, 0.717) is 11.1 Å². The zero-order valence-electron chi connectivity index (χ0n) is 12.1. The summed E-state index contributed by atoms with van der Waals surface area (Å²) in [5.74, 6) is -1.42. The van der Waals surface area contributed by atoms with Gasteiger partial charge >= 0.3 is 5.97 Å². The van der Waals surface area contributed by atoms with Crippen molar-refractivity contribution in [3.05, 3.63) is 29.3 Å². The van der Waals surface area contributed by atoms with Gasteiger partial charge in [-0.15, -0.1) is 0 Å². The molecule has 0 spiro atoms. The summed E-state index contributed by atoms with van der Waals surface area (Å²) in [7, 11) is 0. The Morgan fingerprint density at radius 1 is 1.24 bits per heavy atom. The number of carbonyl (C=O) groups excluding carboxylic acids is 1. The molecule has 114 valence electrons. The van der Waals surface area contributed by atoms with Gasteiger partial charge in [0.15, 0.2) is 0 Å². The molecule has 1 saturated carbocycles. The van der Waals surface area contributed by atoms with Gasteiger partial charge in [-0.05, 0) is 37.8 Å². The van der Waals surface area contributed by atoms with E-state index in [0.717, 1.165) is 32.1 Å². The fourth-order valence-electron chi connectivity index (χ4n) is 2.94. The van der Waals surface area contributed by atoms with E-state index in [9.17, 15) is 19.8 Å². The molecule has 0 aromatic heterocycles. The summed E-state index contributed by atoms with van der Waals surface area (Å²) in [6, 6.07) is 3.80. The summed E-state index contributed by atoms with van der Waals surface area (Å²) >= 11 is 0. The second-order valence-corrected chi connectivity index (χ2v) is 5.64. The van der Waals surface area contributed by atoms with Crippen LogP contribution in [0.2, 0.25) is 0 Å². The standard InChI is InChI=1S/C16H21NO4/c1-10-12(8-5-9-13(10)18)15(19)17-14(16(20)21)11-6-3-2-4-7-11/h5,8-9,11,14,18H,2-4,6-7H2,1H3,(H,17,19)(H,20,21). The Kier molecular flexibility index (Phi) is 4.83. The number of hydrogen-bond acceptors (Lipinski definition) is 3. The monoisotopic (exact) mass is 291 g/mol. The van der Waals surface area contributed by atoms with Crippen molar-refractivity contribution < 1.29 is 19.8 Å². The first kappa shape index (κ1) is 15.4. The molecule has 5 nitrogen and oxygen atoms in total. The van der Waals surface area contributed by atoms with Crippen molar-refractivity contribution >= 4 is 11.9 Å². The van der Waals surface area contributed by atoms with Gasteiger partial charge in [-0.2, -0.15) is 0 Å². The van der Waals surface area contributed by atoms with E-state index >= 15 is 0 Å². The highest BCUT2D eigenvalue weighted by Crippen LogP contribution is 2.27. The molecule has 0 bridgehead atoms. The molecule has 1 amide bonds. The summed E-state index contributed by atoms with van der Waals surface area (Å²) in [6.07, 6.45) is 4.81. The number of carboxylic acids is 1. The van der Waals surface area contributed by atoms with Crippen LogP contribution < -0.4 is 5.32 Å². The van der Waals surface area contributed by atoms with Gasteiger partial charge in [0.1, 0.15) is 11.8 Å². The molecule has 0 saturated heterocycles. The maximum atomic E-state index is 12.3. The fraction of sp³-hybridized carbons (Fsp3) is 0.500. The molecule has 1 aliphatic rings. The van der Waals surface area contributed by atoms with E-state index < -0.39 is 17.9 Å². The molecule has 1 unspecified atom stereocenters. The van der Waals surface area contributed by atoms with Crippen molar-refractivity contribution in [3.8, 4) is 5.75 Å². The van der Waals surface area contributed by atoms with Crippen molar-refractivity contribution in [2.24, 2.45) is 5.92 Å². The Labute approximate surface area is 124 Å². The zero-order chi connectivity index (χ0) is 15.4. The summed E-state index contributed by atoms with van der Waals surface area (Å²) in [4.78, 5) is 23.7. The number of phenols is 1. The van der Waals surface area contributed by atoms with Crippen molar-refractivity contribution in [3.63, 3.8) is 0 Å². The molecule has 1 aliphatic carbocycles. The third kappa shape index (κ3) is 3.54. The van der Waals surface area contributed by atoms with Gasteiger partial charge in [-0.25, -0.2) is 4.79 Å². The SMILES string of the molecule is Cc1c(O)cccc1C(=O)NC(C(=O)O)C1CCCCC1. The fourth-order valence-corrected chi connectivity index (χ4v) is 2.94. The molecule has 21 heavy (non-hydrogen) atoms. The van der Waals surface area contributed by atoms with Gasteiger partial charge in [0.2, 0.25) is 0 Å². The Bertz CT molecular complexity index is 535. The zero-order valence-corrected chi connectivity index (χ0v) is 12.1. The molecule has 2 rings (SSSR count). The molecule has 1 atom stereocenters. The second-order valence-electron chi connectivity index (χ2n) is 5.64. The molecule has 0 heterocycles. The van der Waals surface area contributed by atoms with Gasteiger partial charge in [0, 0.05) is 11.1 Å². The highest BCUT2D eigenvalue weighted by molar-refractivity contribution is 5.98. The van der Waals surface area contributed by atoms with Crippen LogP contribution in [-0.2, 0) is 4.79 Å². The van der Waals surface area contributed by atoms with E-state index in [1.807, 2.05) is 0 Å². The van der Waals surface area contributed by atoms with Crippen LogP contribution in [0.15, 0.2) is 18.2 Å². The number of hydrogen-bond donors (Lipinski definition) is 3. The Hall–Kier alpha value is -2.04. The van der Waals surface area contributed by atoms with Crippen LogP contribution in [0.25, 0.3) is 0 Å². The van der Waals surface area contributed by atoms with Crippen LogP contribution in [0, 0.1) is 12.8 Å². The number of aromatic hydroxyl groups is 1. The molecule has 1 aromatic carbocycles. The van der Waals surface area contributed by atoms with Crippen molar-refractivity contribution in [1.29, 1.82) is 0 Å². The number of amides is 1. The van der Waals surface area contributed by atoms with Crippen LogP contribution in [0.5, 0.6) is 5.75 Å². The molecule has 5 heteroatoms. The molecule has 0 radical (unpaired) electrons. The lowest BCUT2D eigenvalue weighted by Crippen LogP contribution is -2.46. The first-order chi connectivity index (χ1) is 10.0. The lowest BCUT2D eigenvalue weighted by atomic mass is 9.83. The number of phenolic OH excluding ortho intramolecular Hbond substituents is 1. The number of benzene rings is 1. The predicted octanol–water partition coefficient (Wildman–Crippen LogP) is 2.46. The average Bonchev–Trinajstić information content (AvgIpc) is 2.48. The summed E-state index contributed by atoms with van der Waals surface area (Å²) in [5, 5.41) is 21.6. The number of aliphatic carboxylic acids is 1. The quantitative estimate of drug-likeness (QED) is 0.795. The molecule has 1 fully saturated rings. The summed E-state index contributed by atoms with van der Waals surface area (Å²) in [6.45, 7) is 1.64. The largest absolute Gasteiger partial charge is 0.508 e. The average molecular weight is 291 g/mol. The Morgan fingerprint density at radius 2 is 1.90 bits per heavy atom. The lowest BCUT2D eigenvalue weighted by Gasteiger charge is -2.28. The first-order valence-corrected chi connectivity index (χ1v) is 7.33. The van der Waals surface area contributed by atoms with Gasteiger partial charge in [-0.1, -0.05) is 25.3 Å². The van der Waals surface area contributed by atoms with E-state index in [-0.39, 0.29) is 11.7 Å². The molecule has 3 N–H and O–H groups in total. The van der Waals surface area contributed by atoms with Crippen molar-refractivity contribution in [2.45, 2.75) is 45.1 Å². The third-order valence-corrected chi connectivity index (χ3v) is 4.22. The Morgan fingerprint density at radius 3 is 2.52 bits per heavy atom. The minimum atomic E-state index is -0.993. The topological polar surface area (TPSA) is 86.6 Å². The minimum Gasteiger partial charge on any atom is -0.508 e. The summed E-state index contributed by atoms with van der Waals surface area (Å²) in [5.41, 5.74) is 0.778. The van der Waals surface area contributed by atoms with Crippen LogP contribution in [0.4, 0.5) is 0 Å². The highest BCUT2D eigenvalue weighted by atomic mass is 16.4. The molecule has 1 aromatic rings. The highest BCUT2D eigenvalue weighted by Gasteiger charge is 2.31. The molecule has 0 aliphatic heterocycles. The van der Waals surface area contributed by atoms with Crippen LogP contribution >= 0.6 is 0 Å². The first-order valence-electron chi connectivity index (χ1n) is 7.33. The van der Waals surface area contributed by atoms with Gasteiger partial charge in [-0.3, -0.25) is 4.79 Å². The maximum Gasteiger partial charge on any atom is 0.326 e. The van der Waals surface area contributed by atoms with Gasteiger partial charge in [0.05, 0.1) is 0 Å². The smallest absolute Gasteiger partial charge is 0.326 e. The van der Waals surface area contributed by atoms with E-state index in [1.165, 1.54) is 6.07 Å². The lowest BCUT2D eigenvalue weighted by molar-refractivity contribution is -0.141. The van der Waals surface area contributed by atoms with Crippen LogP contribution in [-0.4, -0.2) is 28.1 Å². The third-order valence-electron chi connectivity index (χ3n) is 4.22. The number of carboxylic acid groups (broad SMARTS) is 1. The molecular formula is C16H21NO4. The van der Waals surface area contributed by atoms with E-state index in [1.54, 1.807) is 19.1 Å². The minimum absolute atomic E-state index is 0.0159.